The third-order valence-electron chi connectivity index (χ3n) is 3.73. The summed E-state index contributed by atoms with van der Waals surface area (Å²) in [4.78, 5) is 22.2. The summed E-state index contributed by atoms with van der Waals surface area (Å²) in [7, 11) is 0. The largest absolute Gasteiger partial charge is 0.491 e. The number of benzene rings is 2. The van der Waals surface area contributed by atoms with E-state index >= 15 is 0 Å². The van der Waals surface area contributed by atoms with Gasteiger partial charge in [-0.2, -0.15) is 0 Å². The molecule has 0 aliphatic rings. The zero-order chi connectivity index (χ0) is 21.1. The molecule has 0 heterocycles. The molecule has 2 aromatic carbocycles. The van der Waals surface area contributed by atoms with Gasteiger partial charge in [-0.15, -0.1) is 0 Å². The molecule has 8 heteroatoms. The molecule has 0 aliphatic carbocycles. The molecule has 8 nitrogen and oxygen atoms in total. The molecule has 0 saturated carbocycles. The molecule has 0 aromatic heterocycles. The van der Waals surface area contributed by atoms with E-state index in [1.165, 1.54) is 13.8 Å². The Bertz CT molecular complexity index is 795. The van der Waals surface area contributed by atoms with Crippen molar-refractivity contribution in [1.29, 1.82) is 0 Å². The molecule has 0 bridgehead atoms. The molecule has 0 fully saturated rings. The number of para-hydroxylation sites is 2. The van der Waals surface area contributed by atoms with Gasteiger partial charge in [0.05, 0.1) is 5.69 Å². The second kappa shape index (κ2) is 11.7. The fourth-order valence-electron chi connectivity index (χ4n) is 2.48. The minimum atomic E-state index is -0.684. The van der Waals surface area contributed by atoms with Gasteiger partial charge in [-0.25, -0.2) is 0 Å². The number of carbonyl (C=O) groups is 2. The Hall–Kier alpha value is -3.10. The van der Waals surface area contributed by atoms with Crippen molar-refractivity contribution in [3.63, 3.8) is 0 Å². The molecule has 0 aliphatic heterocycles. The van der Waals surface area contributed by atoms with Crippen LogP contribution >= 0.6 is 0 Å². The second-order valence-electron chi connectivity index (χ2n) is 6.40. The summed E-state index contributed by atoms with van der Waals surface area (Å²) >= 11 is 0. The van der Waals surface area contributed by atoms with Gasteiger partial charge in [0.2, 0.25) is 11.8 Å². The van der Waals surface area contributed by atoms with Crippen LogP contribution in [0.15, 0.2) is 48.5 Å². The smallest absolute Gasteiger partial charge is 0.221 e. The van der Waals surface area contributed by atoms with Crippen LogP contribution in [-0.4, -0.2) is 49.3 Å². The van der Waals surface area contributed by atoms with Crippen LogP contribution in [0.4, 0.5) is 11.4 Å². The first kappa shape index (κ1) is 22.2. The van der Waals surface area contributed by atoms with Crippen LogP contribution in [0.3, 0.4) is 0 Å². The third-order valence-corrected chi connectivity index (χ3v) is 3.73. The molecule has 2 rings (SSSR count). The standard InChI is InChI=1S/C21H27N3O5/c1-15(25)23-17-7-9-19(10-8-17)29-14-18(27)13-22-11-12-28-21-6-4-3-5-20(21)24-16(2)26/h3-10,18,22,27H,11-14H2,1-2H3,(H,23,25)(H,24,26). The van der Waals surface area contributed by atoms with Crippen LogP contribution in [0.1, 0.15) is 13.8 Å². The van der Waals surface area contributed by atoms with E-state index < -0.39 is 6.10 Å². The van der Waals surface area contributed by atoms with Gasteiger partial charge in [0.1, 0.15) is 30.8 Å². The van der Waals surface area contributed by atoms with E-state index in [1.54, 1.807) is 36.4 Å². The van der Waals surface area contributed by atoms with Gasteiger partial charge in [0, 0.05) is 32.6 Å². The molecule has 2 aromatic rings. The van der Waals surface area contributed by atoms with Crippen LogP contribution in [0.25, 0.3) is 0 Å². The Morgan fingerprint density at radius 3 is 2.34 bits per heavy atom. The maximum absolute atomic E-state index is 11.2. The first-order valence-electron chi connectivity index (χ1n) is 9.32. The lowest BCUT2D eigenvalue weighted by molar-refractivity contribution is -0.115. The van der Waals surface area contributed by atoms with E-state index in [0.717, 1.165) is 0 Å². The van der Waals surface area contributed by atoms with Crippen molar-refractivity contribution in [2.45, 2.75) is 20.0 Å². The Kier molecular flexibility index (Phi) is 8.94. The zero-order valence-corrected chi connectivity index (χ0v) is 16.6. The Labute approximate surface area is 170 Å². The maximum Gasteiger partial charge on any atom is 0.221 e. The summed E-state index contributed by atoms with van der Waals surface area (Å²) in [5.74, 6) is 0.905. The molecule has 2 amide bonds. The minimum absolute atomic E-state index is 0.136. The fourth-order valence-corrected chi connectivity index (χ4v) is 2.48. The van der Waals surface area contributed by atoms with Gasteiger partial charge in [0.15, 0.2) is 0 Å². The zero-order valence-electron chi connectivity index (χ0n) is 16.6. The van der Waals surface area contributed by atoms with E-state index in [4.69, 9.17) is 9.47 Å². The Morgan fingerprint density at radius 2 is 1.66 bits per heavy atom. The van der Waals surface area contributed by atoms with E-state index in [1.807, 2.05) is 12.1 Å². The van der Waals surface area contributed by atoms with Gasteiger partial charge >= 0.3 is 0 Å². The molecule has 156 valence electrons. The lowest BCUT2D eigenvalue weighted by Crippen LogP contribution is -2.33. The first-order valence-corrected chi connectivity index (χ1v) is 9.32. The minimum Gasteiger partial charge on any atom is -0.491 e. The number of aliphatic hydroxyl groups excluding tert-OH is 1. The molecule has 1 unspecified atom stereocenters. The van der Waals surface area contributed by atoms with Gasteiger partial charge in [-0.3, -0.25) is 9.59 Å². The Morgan fingerprint density at radius 1 is 0.966 bits per heavy atom. The van der Waals surface area contributed by atoms with Crippen LogP contribution in [0, 0.1) is 0 Å². The molecule has 29 heavy (non-hydrogen) atoms. The highest BCUT2D eigenvalue weighted by Gasteiger charge is 2.07. The Balaban J connectivity index is 1.63. The van der Waals surface area contributed by atoms with Gasteiger partial charge in [-0.1, -0.05) is 12.1 Å². The third kappa shape index (κ3) is 8.63. The van der Waals surface area contributed by atoms with Crippen molar-refractivity contribution in [1.82, 2.24) is 5.32 Å². The van der Waals surface area contributed by atoms with Crippen molar-refractivity contribution in [3.05, 3.63) is 48.5 Å². The number of anilines is 2. The fraction of sp³-hybridized carbons (Fsp3) is 0.333. The van der Waals surface area contributed by atoms with Crippen LogP contribution in [-0.2, 0) is 9.59 Å². The number of rotatable bonds is 11. The molecular weight excluding hydrogens is 374 g/mol. The molecule has 0 saturated heterocycles. The summed E-state index contributed by atoms with van der Waals surface area (Å²) in [6.45, 7) is 4.28. The summed E-state index contributed by atoms with van der Waals surface area (Å²) in [6.07, 6.45) is -0.684. The molecule has 1 atom stereocenters. The summed E-state index contributed by atoms with van der Waals surface area (Å²) < 4.78 is 11.2. The lowest BCUT2D eigenvalue weighted by Gasteiger charge is -2.15. The summed E-state index contributed by atoms with van der Waals surface area (Å²) in [5.41, 5.74) is 1.31. The predicted molar refractivity (Wildman–Crippen MR) is 111 cm³/mol. The number of hydrogen-bond acceptors (Lipinski definition) is 6. The highest BCUT2D eigenvalue weighted by Crippen LogP contribution is 2.23. The predicted octanol–water partition coefficient (Wildman–Crippen LogP) is 2.01. The highest BCUT2D eigenvalue weighted by atomic mass is 16.5. The van der Waals surface area contributed by atoms with Crippen LogP contribution in [0.5, 0.6) is 11.5 Å². The van der Waals surface area contributed by atoms with E-state index in [2.05, 4.69) is 16.0 Å². The molecule has 4 N–H and O–H groups in total. The van der Waals surface area contributed by atoms with Gasteiger partial charge < -0.3 is 30.5 Å². The summed E-state index contributed by atoms with van der Waals surface area (Å²) in [6, 6.07) is 14.1. The average molecular weight is 401 g/mol. The topological polar surface area (TPSA) is 109 Å². The van der Waals surface area contributed by atoms with E-state index in [0.29, 0.717) is 42.6 Å². The van der Waals surface area contributed by atoms with Crippen molar-refractivity contribution in [2.24, 2.45) is 0 Å². The van der Waals surface area contributed by atoms with Crippen molar-refractivity contribution < 1.29 is 24.2 Å². The maximum atomic E-state index is 11.2. The first-order chi connectivity index (χ1) is 13.9. The number of carbonyl (C=O) groups excluding carboxylic acids is 2. The van der Waals surface area contributed by atoms with Crippen LogP contribution < -0.4 is 25.4 Å². The average Bonchev–Trinajstić information content (AvgIpc) is 2.67. The normalized spacial score (nSPS) is 11.4. The summed E-state index contributed by atoms with van der Waals surface area (Å²) in [5, 5.41) is 18.5. The van der Waals surface area contributed by atoms with Crippen molar-refractivity contribution >= 4 is 23.2 Å². The quantitative estimate of drug-likeness (QED) is 0.429. The number of amides is 2. The van der Waals surface area contributed by atoms with Gasteiger partial charge in [0.25, 0.3) is 0 Å². The van der Waals surface area contributed by atoms with E-state index in [-0.39, 0.29) is 18.4 Å². The van der Waals surface area contributed by atoms with Gasteiger partial charge in [-0.05, 0) is 36.4 Å². The molecule has 0 spiro atoms. The molecule has 0 radical (unpaired) electrons. The number of ether oxygens (including phenoxy) is 2. The second-order valence-corrected chi connectivity index (χ2v) is 6.40. The lowest BCUT2D eigenvalue weighted by atomic mass is 10.3. The highest BCUT2D eigenvalue weighted by molar-refractivity contribution is 5.90. The monoisotopic (exact) mass is 401 g/mol. The van der Waals surface area contributed by atoms with Crippen LogP contribution in [0.2, 0.25) is 0 Å². The number of aliphatic hydroxyl groups is 1. The molecular formula is C21H27N3O5. The SMILES string of the molecule is CC(=O)Nc1ccc(OCC(O)CNCCOc2ccccc2NC(C)=O)cc1. The van der Waals surface area contributed by atoms with Crippen molar-refractivity contribution in [3.8, 4) is 11.5 Å². The van der Waals surface area contributed by atoms with Crippen molar-refractivity contribution in [2.75, 3.05) is 36.9 Å². The van der Waals surface area contributed by atoms with E-state index in [9.17, 15) is 14.7 Å². The number of nitrogens with one attached hydrogen (secondary N) is 3. The number of hydrogen-bond donors (Lipinski definition) is 4.